The summed E-state index contributed by atoms with van der Waals surface area (Å²) in [6.07, 6.45) is 0.509. The third-order valence-electron chi connectivity index (χ3n) is 5.23. The van der Waals surface area contributed by atoms with Crippen LogP contribution in [0.1, 0.15) is 42.0 Å². The van der Waals surface area contributed by atoms with Gasteiger partial charge in [-0.25, -0.2) is 0 Å². The number of benzene rings is 2. The Bertz CT molecular complexity index is 1290. The molecular formula is C24H24N4O3. The molecule has 2 aromatic heterocycles. The Morgan fingerprint density at radius 1 is 1.10 bits per heavy atom. The van der Waals surface area contributed by atoms with E-state index in [1.54, 1.807) is 6.07 Å². The van der Waals surface area contributed by atoms with Crippen LogP contribution in [0.15, 0.2) is 57.8 Å². The van der Waals surface area contributed by atoms with Crippen LogP contribution in [0.5, 0.6) is 0 Å². The van der Waals surface area contributed by atoms with Crippen molar-refractivity contribution < 1.29 is 9.32 Å². The molecule has 2 aromatic carbocycles. The maximum Gasteiger partial charge on any atom is 0.259 e. The van der Waals surface area contributed by atoms with E-state index in [2.05, 4.69) is 20.4 Å². The minimum Gasteiger partial charge on any atom is -0.350 e. The van der Waals surface area contributed by atoms with E-state index >= 15 is 0 Å². The van der Waals surface area contributed by atoms with E-state index in [0.29, 0.717) is 17.9 Å². The van der Waals surface area contributed by atoms with Gasteiger partial charge in [-0.15, -0.1) is 0 Å². The monoisotopic (exact) mass is 416 g/mol. The Morgan fingerprint density at radius 3 is 2.61 bits per heavy atom. The quantitative estimate of drug-likeness (QED) is 0.495. The molecule has 1 amide bonds. The first-order valence-corrected chi connectivity index (χ1v) is 10.2. The number of aromatic amines is 1. The second-order valence-corrected chi connectivity index (χ2v) is 7.81. The second-order valence-electron chi connectivity index (χ2n) is 7.81. The molecule has 7 nitrogen and oxygen atoms in total. The molecular weight excluding hydrogens is 392 g/mol. The Morgan fingerprint density at radius 2 is 1.84 bits per heavy atom. The van der Waals surface area contributed by atoms with Gasteiger partial charge in [-0.3, -0.25) is 9.59 Å². The van der Waals surface area contributed by atoms with Crippen molar-refractivity contribution in [2.45, 2.75) is 39.7 Å². The van der Waals surface area contributed by atoms with Crippen molar-refractivity contribution in [3.63, 3.8) is 0 Å². The van der Waals surface area contributed by atoms with Gasteiger partial charge in [-0.2, -0.15) is 4.98 Å². The maximum atomic E-state index is 12.4. The minimum absolute atomic E-state index is 0.0917. The lowest BCUT2D eigenvalue weighted by molar-refractivity contribution is -0.121. The number of H-pyrrole nitrogens is 1. The van der Waals surface area contributed by atoms with Gasteiger partial charge in [0.1, 0.15) is 0 Å². The number of fused-ring (bicyclic) bond motifs is 1. The van der Waals surface area contributed by atoms with Crippen LogP contribution in [0.3, 0.4) is 0 Å². The third kappa shape index (κ3) is 4.71. The molecule has 0 saturated carbocycles. The molecule has 0 saturated heterocycles. The summed E-state index contributed by atoms with van der Waals surface area (Å²) in [7, 11) is 0. The lowest BCUT2D eigenvalue weighted by Crippen LogP contribution is -2.26. The van der Waals surface area contributed by atoms with Crippen LogP contribution in [-0.2, 0) is 11.2 Å². The van der Waals surface area contributed by atoms with Gasteiger partial charge in [-0.1, -0.05) is 46.6 Å². The average Bonchev–Trinajstić information content (AvgIpc) is 3.21. The van der Waals surface area contributed by atoms with Crippen LogP contribution in [0.4, 0.5) is 0 Å². The van der Waals surface area contributed by atoms with Gasteiger partial charge < -0.3 is 14.8 Å². The van der Waals surface area contributed by atoms with E-state index in [0.717, 1.165) is 22.0 Å². The largest absolute Gasteiger partial charge is 0.350 e. The number of pyridine rings is 1. The fraction of sp³-hybridized carbons (Fsp3) is 0.250. The van der Waals surface area contributed by atoms with Crippen LogP contribution >= 0.6 is 0 Å². The Kier molecular flexibility index (Phi) is 5.66. The Balaban J connectivity index is 1.42. The van der Waals surface area contributed by atoms with Crippen LogP contribution in [0, 0.1) is 13.8 Å². The zero-order valence-electron chi connectivity index (χ0n) is 17.7. The summed E-state index contributed by atoms with van der Waals surface area (Å²) >= 11 is 0. The number of amides is 1. The molecule has 158 valence electrons. The predicted octanol–water partition coefficient (Wildman–Crippen LogP) is 4.00. The summed E-state index contributed by atoms with van der Waals surface area (Å²) in [5.41, 5.74) is 4.12. The first kappa shape index (κ1) is 20.5. The van der Waals surface area contributed by atoms with Gasteiger partial charge in [0.15, 0.2) is 0 Å². The fourth-order valence-electron chi connectivity index (χ4n) is 3.43. The molecule has 0 aliphatic carbocycles. The fourth-order valence-corrected chi connectivity index (χ4v) is 3.43. The van der Waals surface area contributed by atoms with Crippen molar-refractivity contribution in [3.8, 4) is 11.4 Å². The summed E-state index contributed by atoms with van der Waals surface area (Å²) in [6.45, 7) is 5.96. The Labute approximate surface area is 179 Å². The highest BCUT2D eigenvalue weighted by molar-refractivity contribution is 5.83. The zero-order chi connectivity index (χ0) is 22.0. The SMILES string of the molecule is Cc1ccc([C@H](C)NC(=O)CCc2nc(-c3cc4cc(C)ccc4[nH]c3=O)no2)cc1. The van der Waals surface area contributed by atoms with Gasteiger partial charge in [-0.05, 0) is 49.9 Å². The normalized spacial score (nSPS) is 12.1. The van der Waals surface area contributed by atoms with Crippen molar-refractivity contribution in [1.29, 1.82) is 0 Å². The van der Waals surface area contributed by atoms with Gasteiger partial charge >= 0.3 is 0 Å². The molecule has 2 N–H and O–H groups in total. The first-order valence-electron chi connectivity index (χ1n) is 10.2. The summed E-state index contributed by atoms with van der Waals surface area (Å²) in [5, 5.41) is 7.80. The summed E-state index contributed by atoms with van der Waals surface area (Å²) in [4.78, 5) is 31.9. The second kappa shape index (κ2) is 8.55. The van der Waals surface area contributed by atoms with E-state index in [9.17, 15) is 9.59 Å². The van der Waals surface area contributed by atoms with Gasteiger partial charge in [0.25, 0.3) is 5.56 Å². The molecule has 7 heteroatoms. The van der Waals surface area contributed by atoms with Crippen molar-refractivity contribution in [3.05, 3.63) is 81.5 Å². The van der Waals surface area contributed by atoms with Crippen LogP contribution in [0.25, 0.3) is 22.3 Å². The van der Waals surface area contributed by atoms with Crippen molar-refractivity contribution >= 4 is 16.8 Å². The van der Waals surface area contributed by atoms with E-state index < -0.39 is 0 Å². The molecule has 4 rings (SSSR count). The van der Waals surface area contributed by atoms with E-state index in [4.69, 9.17) is 4.52 Å². The van der Waals surface area contributed by atoms with Crippen LogP contribution in [0.2, 0.25) is 0 Å². The Hall–Kier alpha value is -3.74. The van der Waals surface area contributed by atoms with Crippen molar-refractivity contribution in [2.75, 3.05) is 0 Å². The number of carbonyl (C=O) groups is 1. The van der Waals surface area contributed by atoms with Crippen molar-refractivity contribution in [2.24, 2.45) is 0 Å². The molecule has 4 aromatic rings. The highest BCUT2D eigenvalue weighted by Gasteiger charge is 2.15. The molecule has 0 bridgehead atoms. The molecule has 31 heavy (non-hydrogen) atoms. The van der Waals surface area contributed by atoms with Crippen LogP contribution < -0.4 is 10.9 Å². The maximum absolute atomic E-state index is 12.4. The number of rotatable bonds is 6. The number of carbonyl (C=O) groups excluding carboxylic acids is 1. The zero-order valence-corrected chi connectivity index (χ0v) is 17.7. The number of hydrogen-bond donors (Lipinski definition) is 2. The van der Waals surface area contributed by atoms with Gasteiger partial charge in [0, 0.05) is 18.4 Å². The lowest BCUT2D eigenvalue weighted by Gasteiger charge is -2.14. The van der Waals surface area contributed by atoms with E-state index in [-0.39, 0.29) is 29.8 Å². The number of hydrogen-bond acceptors (Lipinski definition) is 5. The average molecular weight is 416 g/mol. The number of nitrogens with one attached hydrogen (secondary N) is 2. The molecule has 0 fully saturated rings. The highest BCUT2D eigenvalue weighted by atomic mass is 16.5. The van der Waals surface area contributed by atoms with Crippen molar-refractivity contribution in [1.82, 2.24) is 20.4 Å². The number of aromatic nitrogens is 3. The highest BCUT2D eigenvalue weighted by Crippen LogP contribution is 2.19. The van der Waals surface area contributed by atoms with E-state index in [1.165, 1.54) is 5.56 Å². The number of nitrogens with zero attached hydrogens (tertiary/aromatic N) is 2. The van der Waals surface area contributed by atoms with Crippen LogP contribution in [-0.4, -0.2) is 21.0 Å². The first-order chi connectivity index (χ1) is 14.9. The standard InChI is InChI=1S/C24H24N4O3/c1-14-4-7-17(8-5-14)16(3)25-21(29)10-11-22-27-23(28-31-22)19-13-18-12-15(2)6-9-20(18)26-24(19)30/h4-9,12-13,16H,10-11H2,1-3H3,(H,25,29)(H,26,30)/t16-/m0/s1. The third-order valence-corrected chi connectivity index (χ3v) is 5.23. The topological polar surface area (TPSA) is 101 Å². The molecule has 0 unspecified atom stereocenters. The molecule has 0 radical (unpaired) electrons. The molecule has 0 spiro atoms. The molecule has 2 heterocycles. The number of aryl methyl sites for hydroxylation is 3. The van der Waals surface area contributed by atoms with Gasteiger partial charge in [0.2, 0.25) is 17.6 Å². The summed E-state index contributed by atoms with van der Waals surface area (Å²) < 4.78 is 5.27. The predicted molar refractivity (Wildman–Crippen MR) is 119 cm³/mol. The van der Waals surface area contributed by atoms with E-state index in [1.807, 2.05) is 63.2 Å². The van der Waals surface area contributed by atoms with Gasteiger partial charge in [0.05, 0.1) is 11.6 Å². The molecule has 0 aliphatic rings. The summed E-state index contributed by atoms with van der Waals surface area (Å²) in [5.74, 6) is 0.428. The minimum atomic E-state index is -0.284. The lowest BCUT2D eigenvalue weighted by atomic mass is 10.1. The summed E-state index contributed by atoms with van der Waals surface area (Å²) in [6, 6.07) is 15.5. The smallest absolute Gasteiger partial charge is 0.259 e. The molecule has 1 atom stereocenters. The molecule has 0 aliphatic heterocycles.